The van der Waals surface area contributed by atoms with Crippen molar-refractivity contribution in [1.82, 2.24) is 29.9 Å². The Hall–Kier alpha value is -3.36. The Bertz CT molecular complexity index is 1100. The quantitative estimate of drug-likeness (QED) is 0.695. The van der Waals surface area contributed by atoms with Crippen molar-refractivity contribution in [3.8, 4) is 11.4 Å². The molecule has 3 atom stereocenters. The number of carbonyl (C=O) groups excluding carboxylic acids is 1. The number of hydrogen-bond donors (Lipinski definition) is 1. The third-order valence-electron chi connectivity index (χ3n) is 6.37. The van der Waals surface area contributed by atoms with Crippen molar-refractivity contribution >= 4 is 11.7 Å². The van der Waals surface area contributed by atoms with Crippen molar-refractivity contribution in [2.24, 2.45) is 5.92 Å². The van der Waals surface area contributed by atoms with E-state index < -0.39 is 5.82 Å². The number of hydrogen-bond acceptors (Lipinski definition) is 5. The molecule has 2 saturated heterocycles. The van der Waals surface area contributed by atoms with Crippen LogP contribution in [0.15, 0.2) is 43.0 Å². The van der Waals surface area contributed by atoms with Crippen molar-refractivity contribution in [2.75, 3.05) is 5.32 Å². The molecule has 0 radical (unpaired) electrons. The van der Waals surface area contributed by atoms with E-state index in [9.17, 15) is 9.18 Å². The second-order valence-corrected chi connectivity index (χ2v) is 8.74. The maximum atomic E-state index is 13.3. The Balaban J connectivity index is 1.38. The molecule has 4 heterocycles. The third kappa shape index (κ3) is 3.54. The first kappa shape index (κ1) is 19.6. The zero-order chi connectivity index (χ0) is 21.6. The van der Waals surface area contributed by atoms with Crippen LogP contribution in [0.2, 0.25) is 0 Å². The van der Waals surface area contributed by atoms with Gasteiger partial charge in [0.1, 0.15) is 0 Å². The summed E-state index contributed by atoms with van der Waals surface area (Å²) in [5, 5.41) is 11.5. The van der Waals surface area contributed by atoms with E-state index in [1.165, 1.54) is 0 Å². The van der Waals surface area contributed by atoms with Gasteiger partial charge in [0, 0.05) is 17.3 Å². The summed E-state index contributed by atoms with van der Waals surface area (Å²) in [6.45, 7) is 4.76. The van der Waals surface area contributed by atoms with Gasteiger partial charge in [-0.25, -0.2) is 19.2 Å². The number of benzene rings is 1. The Morgan fingerprint density at radius 1 is 1.23 bits per heavy atom. The van der Waals surface area contributed by atoms with Crippen molar-refractivity contribution < 1.29 is 9.18 Å². The van der Waals surface area contributed by atoms with Crippen LogP contribution in [0, 0.1) is 18.7 Å². The molecule has 3 aromatic rings. The highest BCUT2D eigenvalue weighted by molar-refractivity contribution is 5.91. The molecule has 2 amide bonds. The first-order valence-electron chi connectivity index (χ1n) is 10.5. The fourth-order valence-electron chi connectivity index (χ4n) is 5.22. The van der Waals surface area contributed by atoms with Crippen LogP contribution in [0.4, 0.5) is 14.9 Å². The summed E-state index contributed by atoms with van der Waals surface area (Å²) >= 11 is 0. The highest BCUT2D eigenvalue weighted by atomic mass is 19.1. The average molecular weight is 421 g/mol. The van der Waals surface area contributed by atoms with Crippen molar-refractivity contribution in [1.29, 1.82) is 0 Å². The Morgan fingerprint density at radius 2 is 1.97 bits per heavy atom. The van der Waals surface area contributed by atoms with Gasteiger partial charge in [0.2, 0.25) is 0 Å². The molecule has 31 heavy (non-hydrogen) atoms. The lowest BCUT2D eigenvalue weighted by Gasteiger charge is -2.63. The van der Waals surface area contributed by atoms with Crippen LogP contribution in [0.5, 0.6) is 0 Å². The molecule has 2 aliphatic rings. The fourth-order valence-corrected chi connectivity index (χ4v) is 5.22. The van der Waals surface area contributed by atoms with E-state index in [2.05, 4.69) is 32.4 Å². The number of piperidine rings is 1. The SMILES string of the molecule is Cc1ccc(NC(=O)N2[C@@H]3C[C@@H](C)CC2(Cn2nccn2)C3)cc1-c1ncc(F)cn1. The number of rotatable bonds is 4. The molecule has 1 aromatic carbocycles. The van der Waals surface area contributed by atoms with E-state index in [1.807, 2.05) is 30.0 Å². The molecule has 2 aliphatic heterocycles. The second-order valence-electron chi connectivity index (χ2n) is 8.74. The van der Waals surface area contributed by atoms with Crippen LogP contribution in [0.3, 0.4) is 0 Å². The van der Waals surface area contributed by atoms with Gasteiger partial charge in [-0.3, -0.25) is 0 Å². The summed E-state index contributed by atoms with van der Waals surface area (Å²) in [5.74, 6) is 0.493. The molecule has 8 nitrogen and oxygen atoms in total. The zero-order valence-electron chi connectivity index (χ0n) is 17.5. The van der Waals surface area contributed by atoms with Gasteiger partial charge >= 0.3 is 6.03 Å². The number of urea groups is 1. The number of aryl methyl sites for hydroxylation is 1. The summed E-state index contributed by atoms with van der Waals surface area (Å²) in [5.41, 5.74) is 2.09. The van der Waals surface area contributed by atoms with Gasteiger partial charge in [-0.2, -0.15) is 15.0 Å². The maximum Gasteiger partial charge on any atom is 0.322 e. The number of aromatic nitrogens is 5. The summed E-state index contributed by atoms with van der Waals surface area (Å²) in [7, 11) is 0. The first-order chi connectivity index (χ1) is 14.9. The summed E-state index contributed by atoms with van der Waals surface area (Å²) in [4.78, 5) is 25.1. The number of amides is 2. The number of carbonyl (C=O) groups is 1. The van der Waals surface area contributed by atoms with Crippen molar-refractivity contribution in [3.63, 3.8) is 0 Å². The lowest BCUT2D eigenvalue weighted by molar-refractivity contribution is -0.102. The molecule has 1 N–H and O–H groups in total. The molecule has 0 spiro atoms. The number of halogens is 1. The number of nitrogens with zero attached hydrogens (tertiary/aromatic N) is 6. The monoisotopic (exact) mass is 421 g/mol. The van der Waals surface area contributed by atoms with Gasteiger partial charge in [0.15, 0.2) is 11.6 Å². The molecule has 1 unspecified atom stereocenters. The average Bonchev–Trinajstić information content (AvgIpc) is 3.22. The molecule has 9 heteroatoms. The van der Waals surface area contributed by atoms with E-state index in [1.54, 1.807) is 17.2 Å². The van der Waals surface area contributed by atoms with Crippen LogP contribution in [-0.4, -0.2) is 47.5 Å². The van der Waals surface area contributed by atoms with Gasteiger partial charge < -0.3 is 10.2 Å². The first-order valence-corrected chi connectivity index (χ1v) is 10.5. The Morgan fingerprint density at radius 3 is 2.71 bits per heavy atom. The van der Waals surface area contributed by atoms with Gasteiger partial charge in [-0.1, -0.05) is 13.0 Å². The largest absolute Gasteiger partial charge is 0.322 e. The standard InChI is InChI=1S/C22H24FN7O/c1-14-7-18-10-22(9-14,13-29-26-5-6-27-29)30(18)21(31)28-17-4-3-15(2)19(8-17)20-24-11-16(23)12-25-20/h3-6,8,11-12,14,18H,7,9-10,13H2,1-2H3,(H,28,31)/t14-,18-,22?/m1/s1. The van der Waals surface area contributed by atoms with Crippen LogP contribution in [0.1, 0.15) is 31.7 Å². The van der Waals surface area contributed by atoms with Gasteiger partial charge in [-0.15, -0.1) is 0 Å². The molecule has 160 valence electrons. The number of fused-ring (bicyclic) bond motifs is 2. The molecule has 2 fully saturated rings. The predicted octanol–water partition coefficient (Wildman–Crippen LogP) is 3.66. The molecule has 0 saturated carbocycles. The smallest absolute Gasteiger partial charge is 0.314 e. The lowest BCUT2D eigenvalue weighted by atomic mass is 9.64. The van der Waals surface area contributed by atoms with Gasteiger partial charge in [0.05, 0.1) is 36.9 Å². The predicted molar refractivity (Wildman–Crippen MR) is 113 cm³/mol. The molecule has 2 bridgehead atoms. The minimum atomic E-state index is -0.485. The number of nitrogens with one attached hydrogen (secondary N) is 1. The number of anilines is 1. The normalized spacial score (nSPS) is 24.5. The van der Waals surface area contributed by atoms with Gasteiger partial charge in [-0.05, 0) is 49.8 Å². The van der Waals surface area contributed by atoms with Gasteiger partial charge in [0.25, 0.3) is 0 Å². The molecule has 5 rings (SSSR count). The Kier molecular flexibility index (Phi) is 4.68. The van der Waals surface area contributed by atoms with E-state index >= 15 is 0 Å². The van der Waals surface area contributed by atoms with E-state index in [0.29, 0.717) is 24.0 Å². The highest BCUT2D eigenvalue weighted by Gasteiger charge is 2.58. The minimum Gasteiger partial charge on any atom is -0.314 e. The van der Waals surface area contributed by atoms with Crippen molar-refractivity contribution in [3.05, 3.63) is 54.4 Å². The van der Waals surface area contributed by atoms with Crippen LogP contribution in [0.25, 0.3) is 11.4 Å². The topological polar surface area (TPSA) is 88.8 Å². The fraction of sp³-hybridized carbons (Fsp3) is 0.409. The molecule has 2 aromatic heterocycles. The maximum absolute atomic E-state index is 13.3. The summed E-state index contributed by atoms with van der Waals surface area (Å²) in [6.07, 6.45) is 8.51. The minimum absolute atomic E-state index is 0.120. The van der Waals surface area contributed by atoms with Crippen LogP contribution >= 0.6 is 0 Å². The third-order valence-corrected chi connectivity index (χ3v) is 6.37. The van der Waals surface area contributed by atoms with Crippen molar-refractivity contribution in [2.45, 2.75) is 51.2 Å². The summed E-state index contributed by atoms with van der Waals surface area (Å²) in [6, 6.07) is 5.70. The summed E-state index contributed by atoms with van der Waals surface area (Å²) < 4.78 is 13.2. The van der Waals surface area contributed by atoms with E-state index in [4.69, 9.17) is 0 Å². The van der Waals surface area contributed by atoms with Crippen LogP contribution < -0.4 is 5.32 Å². The molecular formula is C22H24FN7O. The lowest BCUT2D eigenvalue weighted by Crippen LogP contribution is -2.73. The second kappa shape index (κ2) is 7.40. The van der Waals surface area contributed by atoms with E-state index in [-0.39, 0.29) is 17.6 Å². The van der Waals surface area contributed by atoms with Crippen LogP contribution in [-0.2, 0) is 6.54 Å². The highest BCUT2D eigenvalue weighted by Crippen LogP contribution is 2.50. The van der Waals surface area contributed by atoms with E-state index in [0.717, 1.165) is 42.8 Å². The zero-order valence-corrected chi connectivity index (χ0v) is 17.5. The molecular weight excluding hydrogens is 397 g/mol. The Labute approximate surface area is 179 Å². The molecule has 0 aliphatic carbocycles.